The van der Waals surface area contributed by atoms with E-state index in [1.807, 2.05) is 0 Å². The maximum atomic E-state index is 14.7. The first-order valence-corrected chi connectivity index (χ1v) is 10.4. The quantitative estimate of drug-likeness (QED) is 0.564. The topological polar surface area (TPSA) is 97.8 Å². The molecular weight excluding hydrogens is 399 g/mol. The van der Waals surface area contributed by atoms with Crippen molar-refractivity contribution < 1.29 is 13.9 Å². The third-order valence-corrected chi connectivity index (χ3v) is 5.63. The van der Waals surface area contributed by atoms with Gasteiger partial charge in [-0.15, -0.1) is 0 Å². The van der Waals surface area contributed by atoms with E-state index in [0.717, 1.165) is 24.3 Å². The summed E-state index contributed by atoms with van der Waals surface area (Å²) in [7, 11) is 1.78. The lowest BCUT2D eigenvalue weighted by molar-refractivity contribution is -0.128. The number of nitrogens with two attached hydrogens (primary N) is 1. The number of nitrogens with zero attached hydrogens (tertiary/aromatic N) is 4. The molecule has 4 rings (SSSR count). The molecular formula is C22H27FN6O2. The van der Waals surface area contributed by atoms with E-state index >= 15 is 0 Å². The Morgan fingerprint density at radius 2 is 2.26 bits per heavy atom. The Balaban J connectivity index is 1.62. The van der Waals surface area contributed by atoms with E-state index in [4.69, 9.17) is 10.5 Å². The monoisotopic (exact) mass is 426 g/mol. The van der Waals surface area contributed by atoms with Crippen molar-refractivity contribution in [1.82, 2.24) is 20.0 Å². The summed E-state index contributed by atoms with van der Waals surface area (Å²) in [5.41, 5.74) is 9.66. The number of amides is 1. The highest BCUT2D eigenvalue weighted by molar-refractivity contribution is 6.00. The number of hydrogen-bond acceptors (Lipinski definition) is 5. The van der Waals surface area contributed by atoms with Crippen LogP contribution in [0.4, 0.5) is 10.1 Å². The molecule has 9 heteroatoms. The van der Waals surface area contributed by atoms with Crippen LogP contribution >= 0.6 is 0 Å². The molecule has 1 aromatic carbocycles. The number of halogens is 1. The summed E-state index contributed by atoms with van der Waals surface area (Å²) < 4.78 is 21.8. The zero-order valence-corrected chi connectivity index (χ0v) is 17.8. The number of carbonyl (C=O) groups excluding carboxylic acids is 1. The number of aryl methyl sites for hydroxylation is 1. The normalized spacial score (nSPS) is 19.8. The Kier molecular flexibility index (Phi) is 6.03. The molecule has 3 heterocycles. The predicted octanol–water partition coefficient (Wildman–Crippen LogP) is 2.10. The molecule has 1 atom stereocenters. The van der Waals surface area contributed by atoms with Gasteiger partial charge in [0.25, 0.3) is 0 Å². The first-order valence-electron chi connectivity index (χ1n) is 10.4. The zero-order valence-electron chi connectivity index (χ0n) is 17.8. The number of amidine groups is 1. The molecule has 3 N–H and O–H groups in total. The largest absolute Gasteiger partial charge is 0.383 e. The van der Waals surface area contributed by atoms with Gasteiger partial charge in [-0.05, 0) is 18.6 Å². The average Bonchev–Trinajstić information content (AvgIpc) is 3.40. The maximum absolute atomic E-state index is 14.7. The van der Waals surface area contributed by atoms with Crippen LogP contribution in [0, 0.1) is 5.82 Å². The summed E-state index contributed by atoms with van der Waals surface area (Å²) in [5.74, 6) is -0.132. The second kappa shape index (κ2) is 8.89. The fraction of sp³-hybridized carbons (Fsp3) is 0.409. The number of aromatic nitrogens is 2. The Bertz CT molecular complexity index is 1040. The smallest absolute Gasteiger partial charge is 0.219 e. The van der Waals surface area contributed by atoms with Gasteiger partial charge in [-0.25, -0.2) is 9.38 Å². The predicted molar refractivity (Wildman–Crippen MR) is 116 cm³/mol. The van der Waals surface area contributed by atoms with Crippen LogP contribution in [-0.2, 0) is 16.6 Å². The van der Waals surface area contributed by atoms with E-state index in [-0.39, 0.29) is 17.8 Å². The SMILES string of the molecule is CC(=O)N1CCC(NC2CCOC2)=C(C(N)=Nc2ccc(-c3cnn(C)c3)c(F)c2)C1. The van der Waals surface area contributed by atoms with Crippen LogP contribution in [0.1, 0.15) is 19.8 Å². The lowest BCUT2D eigenvalue weighted by Crippen LogP contribution is -2.43. The molecule has 164 valence electrons. The van der Waals surface area contributed by atoms with Crippen LogP contribution in [0.2, 0.25) is 0 Å². The Labute approximate surface area is 180 Å². The molecule has 1 saturated heterocycles. The molecule has 8 nitrogen and oxygen atoms in total. The van der Waals surface area contributed by atoms with Gasteiger partial charge in [-0.1, -0.05) is 0 Å². The van der Waals surface area contributed by atoms with E-state index in [1.54, 1.807) is 48.1 Å². The van der Waals surface area contributed by atoms with Crippen molar-refractivity contribution in [3.8, 4) is 11.1 Å². The van der Waals surface area contributed by atoms with Gasteiger partial charge < -0.3 is 20.7 Å². The minimum Gasteiger partial charge on any atom is -0.383 e. The van der Waals surface area contributed by atoms with Crippen LogP contribution < -0.4 is 11.1 Å². The second-order valence-electron chi connectivity index (χ2n) is 7.92. The molecule has 31 heavy (non-hydrogen) atoms. The van der Waals surface area contributed by atoms with Crippen molar-refractivity contribution in [2.75, 3.05) is 26.3 Å². The molecule has 1 unspecified atom stereocenters. The van der Waals surface area contributed by atoms with Crippen molar-refractivity contribution in [3.05, 3.63) is 47.7 Å². The fourth-order valence-electron chi connectivity index (χ4n) is 3.90. The van der Waals surface area contributed by atoms with Gasteiger partial charge in [0.15, 0.2) is 0 Å². The Hall–Kier alpha value is -3.20. The molecule has 0 aliphatic carbocycles. The standard InChI is InChI=1S/C22H27FN6O2/c1-14(30)29-7-5-21(26-17-6-8-31-13-17)19(12-29)22(24)27-16-3-4-18(20(23)9-16)15-10-25-28(2)11-15/h3-4,9-11,17,26H,5-8,12-13H2,1-2H3,(H2,24,27). The van der Waals surface area contributed by atoms with E-state index in [9.17, 15) is 9.18 Å². The zero-order chi connectivity index (χ0) is 22.0. The summed E-state index contributed by atoms with van der Waals surface area (Å²) in [6, 6.07) is 4.98. The highest BCUT2D eigenvalue weighted by Gasteiger charge is 2.26. The third kappa shape index (κ3) is 4.77. The van der Waals surface area contributed by atoms with Crippen LogP contribution in [0.5, 0.6) is 0 Å². The number of nitrogens with one attached hydrogen (secondary N) is 1. The molecule has 1 aromatic heterocycles. The van der Waals surface area contributed by atoms with Gasteiger partial charge in [0.1, 0.15) is 11.7 Å². The Morgan fingerprint density at radius 3 is 2.90 bits per heavy atom. The lowest BCUT2D eigenvalue weighted by atomic mass is 10.0. The van der Waals surface area contributed by atoms with E-state index in [1.165, 1.54) is 6.07 Å². The van der Waals surface area contributed by atoms with Gasteiger partial charge in [-0.3, -0.25) is 9.48 Å². The lowest BCUT2D eigenvalue weighted by Gasteiger charge is -2.31. The summed E-state index contributed by atoms with van der Waals surface area (Å²) in [5, 5.41) is 7.60. The van der Waals surface area contributed by atoms with Crippen molar-refractivity contribution in [1.29, 1.82) is 0 Å². The van der Waals surface area contributed by atoms with Crippen molar-refractivity contribution in [2.24, 2.45) is 17.8 Å². The summed E-state index contributed by atoms with van der Waals surface area (Å²) in [4.78, 5) is 18.1. The summed E-state index contributed by atoms with van der Waals surface area (Å²) in [6.45, 7) is 3.91. The average molecular weight is 426 g/mol. The Morgan fingerprint density at radius 1 is 1.42 bits per heavy atom. The molecule has 2 aliphatic heterocycles. The molecule has 2 aromatic rings. The molecule has 0 spiro atoms. The van der Waals surface area contributed by atoms with Crippen molar-refractivity contribution >= 4 is 17.4 Å². The number of carbonyl (C=O) groups is 1. The first kappa shape index (κ1) is 21.0. The summed E-state index contributed by atoms with van der Waals surface area (Å²) in [6.07, 6.45) is 4.95. The van der Waals surface area contributed by atoms with E-state index in [0.29, 0.717) is 42.9 Å². The third-order valence-electron chi connectivity index (χ3n) is 5.63. The van der Waals surface area contributed by atoms with Crippen LogP contribution in [0.15, 0.2) is 46.9 Å². The molecule has 1 fully saturated rings. The molecule has 1 amide bonds. The fourth-order valence-corrected chi connectivity index (χ4v) is 3.90. The number of hydrogen-bond donors (Lipinski definition) is 2. The minimum absolute atomic E-state index is 0.0135. The van der Waals surface area contributed by atoms with Gasteiger partial charge in [0.2, 0.25) is 5.91 Å². The van der Waals surface area contributed by atoms with E-state index < -0.39 is 5.82 Å². The van der Waals surface area contributed by atoms with E-state index in [2.05, 4.69) is 15.4 Å². The number of ether oxygens (including phenoxy) is 1. The number of aliphatic imine (C=N–C) groups is 1. The van der Waals surface area contributed by atoms with Crippen LogP contribution in [0.25, 0.3) is 11.1 Å². The molecule has 0 bridgehead atoms. The summed E-state index contributed by atoms with van der Waals surface area (Å²) >= 11 is 0. The van der Waals surface area contributed by atoms with Gasteiger partial charge in [-0.2, -0.15) is 5.10 Å². The van der Waals surface area contributed by atoms with Crippen molar-refractivity contribution in [3.63, 3.8) is 0 Å². The number of benzene rings is 1. The maximum Gasteiger partial charge on any atom is 0.219 e. The first-order chi connectivity index (χ1) is 14.9. The molecule has 2 aliphatic rings. The molecule has 0 saturated carbocycles. The second-order valence-corrected chi connectivity index (χ2v) is 7.92. The van der Waals surface area contributed by atoms with Gasteiger partial charge in [0.05, 0.1) is 31.1 Å². The van der Waals surface area contributed by atoms with Gasteiger partial charge in [0, 0.05) is 68.2 Å². The van der Waals surface area contributed by atoms with Crippen LogP contribution in [0.3, 0.4) is 0 Å². The highest BCUT2D eigenvalue weighted by Crippen LogP contribution is 2.27. The van der Waals surface area contributed by atoms with Crippen LogP contribution in [-0.4, -0.2) is 58.8 Å². The number of rotatable bonds is 5. The van der Waals surface area contributed by atoms with Gasteiger partial charge >= 0.3 is 0 Å². The van der Waals surface area contributed by atoms with Crippen molar-refractivity contribution in [2.45, 2.75) is 25.8 Å². The molecule has 0 radical (unpaired) electrons. The minimum atomic E-state index is -0.397. The highest BCUT2D eigenvalue weighted by atomic mass is 19.1.